The van der Waals surface area contributed by atoms with Crippen LogP contribution in [0, 0.1) is 0 Å². The number of hydrogen-bond donors (Lipinski definition) is 1. The summed E-state index contributed by atoms with van der Waals surface area (Å²) in [6.45, 7) is 8.33. The van der Waals surface area contributed by atoms with Gasteiger partial charge in [-0.2, -0.15) is 0 Å². The zero-order valence-electron chi connectivity index (χ0n) is 16.5. The third-order valence-electron chi connectivity index (χ3n) is 4.11. The highest BCUT2D eigenvalue weighted by molar-refractivity contribution is 5.69. The lowest BCUT2D eigenvalue weighted by Gasteiger charge is -2.36. The number of nitrogen functional groups attached to an aromatic ring is 1. The second-order valence-corrected chi connectivity index (χ2v) is 7.48. The number of carbonyl (C=O) groups excluding carboxylic acids is 1. The van der Waals surface area contributed by atoms with Crippen molar-refractivity contribution in [2.45, 2.75) is 33.0 Å². The van der Waals surface area contributed by atoms with Crippen LogP contribution in [-0.4, -0.2) is 57.7 Å². The van der Waals surface area contributed by atoms with E-state index >= 15 is 0 Å². The molecule has 0 radical (unpaired) electrons. The average Bonchev–Trinajstić information content (AvgIpc) is 2.65. The predicted octanol–water partition coefficient (Wildman–Crippen LogP) is 2.09. The number of piperazine rings is 1. The van der Waals surface area contributed by atoms with Crippen molar-refractivity contribution in [1.29, 1.82) is 0 Å². The Morgan fingerprint density at radius 1 is 1.14 bits per heavy atom. The van der Waals surface area contributed by atoms with Crippen LogP contribution in [0.1, 0.15) is 26.5 Å². The molecule has 150 valence electrons. The molecule has 1 saturated heterocycles. The van der Waals surface area contributed by atoms with E-state index in [4.69, 9.17) is 15.2 Å². The van der Waals surface area contributed by atoms with Gasteiger partial charge in [0.1, 0.15) is 17.9 Å². The fraction of sp³-hybridized carbons (Fsp3) is 0.474. The summed E-state index contributed by atoms with van der Waals surface area (Å²) in [6.07, 6.45) is 3.00. The van der Waals surface area contributed by atoms with Crippen molar-refractivity contribution in [2.24, 2.45) is 0 Å². The smallest absolute Gasteiger partial charge is 0.410 e. The van der Waals surface area contributed by atoms with E-state index in [1.54, 1.807) is 23.4 Å². The van der Waals surface area contributed by atoms with Gasteiger partial charge in [-0.3, -0.25) is 0 Å². The zero-order valence-corrected chi connectivity index (χ0v) is 16.5. The fourth-order valence-electron chi connectivity index (χ4n) is 2.83. The first kappa shape index (κ1) is 19.7. The molecule has 9 nitrogen and oxygen atoms in total. The Kier molecular flexibility index (Phi) is 5.81. The first-order chi connectivity index (χ1) is 13.3. The monoisotopic (exact) mass is 386 g/mol. The van der Waals surface area contributed by atoms with Crippen molar-refractivity contribution in [3.63, 3.8) is 0 Å². The topological polar surface area (TPSA) is 107 Å². The highest BCUT2D eigenvalue weighted by Crippen LogP contribution is 2.27. The number of rotatable bonds is 4. The Hall–Kier alpha value is -3.10. The van der Waals surface area contributed by atoms with Gasteiger partial charge < -0.3 is 25.0 Å². The summed E-state index contributed by atoms with van der Waals surface area (Å²) in [4.78, 5) is 28.5. The molecule has 9 heteroatoms. The minimum Gasteiger partial charge on any atom is -0.470 e. The van der Waals surface area contributed by atoms with Crippen LogP contribution >= 0.6 is 0 Å². The SMILES string of the molecule is CC(C)(C)OC(=O)N1CCN(c2cccnc2OCc2ccnc(N)n2)CC1. The highest BCUT2D eigenvalue weighted by Gasteiger charge is 2.27. The van der Waals surface area contributed by atoms with E-state index in [1.165, 1.54) is 0 Å². The molecule has 3 heterocycles. The van der Waals surface area contributed by atoms with E-state index in [9.17, 15) is 4.79 Å². The number of amides is 1. The number of hydrogen-bond acceptors (Lipinski definition) is 8. The Morgan fingerprint density at radius 3 is 2.57 bits per heavy atom. The van der Waals surface area contributed by atoms with E-state index in [-0.39, 0.29) is 18.6 Å². The second kappa shape index (κ2) is 8.28. The molecular formula is C19H26N6O3. The molecule has 3 rings (SSSR count). The van der Waals surface area contributed by atoms with Crippen molar-refractivity contribution in [3.8, 4) is 5.88 Å². The molecule has 28 heavy (non-hydrogen) atoms. The normalized spacial score (nSPS) is 14.7. The van der Waals surface area contributed by atoms with Gasteiger partial charge in [0.15, 0.2) is 0 Å². The van der Waals surface area contributed by atoms with Crippen molar-refractivity contribution in [2.75, 3.05) is 36.8 Å². The second-order valence-electron chi connectivity index (χ2n) is 7.48. The molecule has 1 aliphatic heterocycles. The molecule has 2 aromatic rings. The molecule has 0 spiro atoms. The molecule has 0 aromatic carbocycles. The summed E-state index contributed by atoms with van der Waals surface area (Å²) in [5.41, 5.74) is 6.67. The predicted molar refractivity (Wildman–Crippen MR) is 105 cm³/mol. The Labute approximate surface area is 164 Å². The van der Waals surface area contributed by atoms with E-state index < -0.39 is 5.60 Å². The molecule has 1 aliphatic rings. The first-order valence-electron chi connectivity index (χ1n) is 9.20. The summed E-state index contributed by atoms with van der Waals surface area (Å²) >= 11 is 0. The summed E-state index contributed by atoms with van der Waals surface area (Å²) in [7, 11) is 0. The Balaban J connectivity index is 1.61. The van der Waals surface area contributed by atoms with Crippen molar-refractivity contribution in [3.05, 3.63) is 36.3 Å². The lowest BCUT2D eigenvalue weighted by molar-refractivity contribution is 0.0240. The molecule has 0 saturated carbocycles. The molecule has 2 N–H and O–H groups in total. The molecule has 0 atom stereocenters. The standard InChI is InChI=1S/C19H26N6O3/c1-19(2,3)28-18(26)25-11-9-24(10-12-25)15-5-4-7-21-16(15)27-13-14-6-8-22-17(20)23-14/h4-8H,9-13H2,1-3H3,(H2,20,22,23). The van der Waals surface area contributed by atoms with E-state index in [2.05, 4.69) is 19.9 Å². The maximum Gasteiger partial charge on any atom is 0.410 e. The molecule has 0 aliphatic carbocycles. The van der Waals surface area contributed by atoms with Crippen LogP contribution in [0.2, 0.25) is 0 Å². The summed E-state index contributed by atoms with van der Waals surface area (Å²) < 4.78 is 11.3. The van der Waals surface area contributed by atoms with Gasteiger partial charge in [-0.05, 0) is 39.0 Å². The average molecular weight is 386 g/mol. The first-order valence-corrected chi connectivity index (χ1v) is 9.20. The number of pyridine rings is 1. The minimum atomic E-state index is -0.497. The number of nitrogens with two attached hydrogens (primary N) is 1. The van der Waals surface area contributed by atoms with Crippen LogP contribution in [0.15, 0.2) is 30.6 Å². The van der Waals surface area contributed by atoms with Crippen LogP contribution in [0.25, 0.3) is 0 Å². The van der Waals surface area contributed by atoms with E-state index in [0.29, 0.717) is 37.8 Å². The van der Waals surface area contributed by atoms with Crippen LogP contribution in [0.5, 0.6) is 5.88 Å². The van der Waals surface area contributed by atoms with E-state index in [0.717, 1.165) is 5.69 Å². The van der Waals surface area contributed by atoms with Crippen molar-refractivity contribution >= 4 is 17.7 Å². The molecule has 2 aromatic heterocycles. The number of ether oxygens (including phenoxy) is 2. The molecule has 0 bridgehead atoms. The Bertz CT molecular complexity index is 815. The van der Waals surface area contributed by atoms with Gasteiger partial charge in [-0.1, -0.05) is 0 Å². The maximum absolute atomic E-state index is 12.2. The largest absolute Gasteiger partial charge is 0.470 e. The minimum absolute atomic E-state index is 0.209. The Morgan fingerprint density at radius 2 is 1.89 bits per heavy atom. The van der Waals surface area contributed by atoms with Gasteiger partial charge in [0.25, 0.3) is 0 Å². The van der Waals surface area contributed by atoms with Crippen molar-refractivity contribution < 1.29 is 14.3 Å². The number of nitrogens with zero attached hydrogens (tertiary/aromatic N) is 5. The number of carbonyl (C=O) groups is 1. The molecular weight excluding hydrogens is 360 g/mol. The van der Waals surface area contributed by atoms with Crippen LogP contribution < -0.4 is 15.4 Å². The third kappa shape index (κ3) is 5.21. The van der Waals surface area contributed by atoms with Gasteiger partial charge >= 0.3 is 6.09 Å². The quantitative estimate of drug-likeness (QED) is 0.851. The van der Waals surface area contributed by atoms with Crippen molar-refractivity contribution in [1.82, 2.24) is 19.9 Å². The van der Waals surface area contributed by atoms with Crippen LogP contribution in [0.3, 0.4) is 0 Å². The van der Waals surface area contributed by atoms with Crippen LogP contribution in [0.4, 0.5) is 16.4 Å². The van der Waals surface area contributed by atoms with Gasteiger partial charge in [-0.15, -0.1) is 0 Å². The fourth-order valence-corrected chi connectivity index (χ4v) is 2.83. The maximum atomic E-state index is 12.2. The zero-order chi connectivity index (χ0) is 20.1. The molecule has 1 fully saturated rings. The summed E-state index contributed by atoms with van der Waals surface area (Å²) in [5, 5.41) is 0. The van der Waals surface area contributed by atoms with Crippen LogP contribution in [-0.2, 0) is 11.3 Å². The molecule has 0 unspecified atom stereocenters. The van der Waals surface area contributed by atoms with Gasteiger partial charge in [0, 0.05) is 38.6 Å². The highest BCUT2D eigenvalue weighted by atomic mass is 16.6. The van der Waals surface area contributed by atoms with Gasteiger partial charge in [0.05, 0.1) is 5.69 Å². The van der Waals surface area contributed by atoms with Gasteiger partial charge in [-0.25, -0.2) is 19.7 Å². The lowest BCUT2D eigenvalue weighted by atomic mass is 10.2. The number of aromatic nitrogens is 3. The number of anilines is 2. The third-order valence-corrected chi connectivity index (χ3v) is 4.11. The molecule has 1 amide bonds. The summed E-state index contributed by atoms with van der Waals surface area (Å²) in [6, 6.07) is 5.57. The van der Waals surface area contributed by atoms with E-state index in [1.807, 2.05) is 32.9 Å². The summed E-state index contributed by atoms with van der Waals surface area (Å²) in [5.74, 6) is 0.728. The van der Waals surface area contributed by atoms with Gasteiger partial charge in [0.2, 0.25) is 11.8 Å². The lowest BCUT2D eigenvalue weighted by Crippen LogP contribution is -2.50.